The summed E-state index contributed by atoms with van der Waals surface area (Å²) >= 11 is 0. The lowest BCUT2D eigenvalue weighted by Gasteiger charge is -2.13. The first-order valence-electron chi connectivity index (χ1n) is 9.31. The maximum Gasteiger partial charge on any atom is 0.514 e. The summed E-state index contributed by atoms with van der Waals surface area (Å²) in [6, 6.07) is 5.59. The van der Waals surface area contributed by atoms with Gasteiger partial charge in [-0.15, -0.1) is 0 Å². The first-order valence-corrected chi connectivity index (χ1v) is 9.31. The van der Waals surface area contributed by atoms with Crippen LogP contribution in [0.3, 0.4) is 0 Å². The highest BCUT2D eigenvalue weighted by molar-refractivity contribution is 5.90. The van der Waals surface area contributed by atoms with Crippen molar-refractivity contribution in [2.24, 2.45) is 0 Å². The lowest BCUT2D eigenvalue weighted by atomic mass is 10.1. The Hall–Kier alpha value is -2.49. The number of aromatic amines is 1. The number of likely N-dealkylation sites (N-methyl/N-ethyl adjacent to an activating group) is 1. The number of carbonyl (C=O) groups excluding carboxylic acids is 1. The summed E-state index contributed by atoms with van der Waals surface area (Å²) in [5.74, 6) is 6.36. The number of benzene rings is 1. The van der Waals surface area contributed by atoms with Crippen molar-refractivity contribution in [2.45, 2.75) is 20.3 Å². The third-order valence-electron chi connectivity index (χ3n) is 4.36. The van der Waals surface area contributed by atoms with Crippen molar-refractivity contribution in [3.63, 3.8) is 0 Å². The monoisotopic (exact) mass is 371 g/mol. The van der Waals surface area contributed by atoms with Gasteiger partial charge in [-0.25, -0.2) is 4.79 Å². The lowest BCUT2D eigenvalue weighted by Crippen LogP contribution is -2.23. The summed E-state index contributed by atoms with van der Waals surface area (Å²) in [6.45, 7) is 7.69. The molecule has 27 heavy (non-hydrogen) atoms. The molecule has 0 fully saturated rings. The van der Waals surface area contributed by atoms with Gasteiger partial charge in [0.1, 0.15) is 5.75 Å². The molecule has 1 aromatic carbocycles. The molecule has 0 unspecified atom stereocenters. The van der Waals surface area contributed by atoms with E-state index in [0.29, 0.717) is 12.3 Å². The molecule has 0 saturated carbocycles. The molecular weight excluding hydrogens is 342 g/mol. The molecule has 0 aliphatic rings. The number of carbonyl (C=O) groups is 1. The molecule has 1 N–H and O–H groups in total. The van der Waals surface area contributed by atoms with E-state index in [2.05, 4.69) is 40.5 Å². The molecule has 2 aromatic rings. The third kappa shape index (κ3) is 6.31. The molecule has 1 aromatic heterocycles. The minimum atomic E-state index is -0.737. The predicted octanol–water partition coefficient (Wildman–Crippen LogP) is 3.13. The zero-order chi connectivity index (χ0) is 19.6. The van der Waals surface area contributed by atoms with Crippen molar-refractivity contribution >= 4 is 17.1 Å². The Morgan fingerprint density at radius 3 is 2.67 bits per heavy atom. The van der Waals surface area contributed by atoms with Gasteiger partial charge in [-0.3, -0.25) is 4.90 Å². The molecule has 0 aliphatic heterocycles. The van der Waals surface area contributed by atoms with Crippen LogP contribution < -0.4 is 4.74 Å². The average molecular weight is 371 g/mol. The van der Waals surface area contributed by atoms with Crippen LogP contribution >= 0.6 is 0 Å². The number of aromatic nitrogens is 1. The van der Waals surface area contributed by atoms with Crippen LogP contribution in [0.15, 0.2) is 24.4 Å². The Balaban J connectivity index is 1.96. The minimum Gasteiger partial charge on any atom is -0.421 e. The Bertz CT molecular complexity index is 798. The van der Waals surface area contributed by atoms with Crippen LogP contribution in [0, 0.1) is 11.8 Å². The standard InChI is InChI=1S/C21H29N3O3/c1-5-24(6-2)13-7-8-15-26-21(25)27-19-11-9-10-18-20(19)17(16-22-18)12-14-23(3)4/h9-11,16,22H,5-6,12-15H2,1-4H3. The van der Waals surface area contributed by atoms with E-state index < -0.39 is 6.16 Å². The molecule has 6 nitrogen and oxygen atoms in total. The molecule has 1 heterocycles. The highest BCUT2D eigenvalue weighted by Gasteiger charge is 2.13. The van der Waals surface area contributed by atoms with Crippen LogP contribution in [-0.4, -0.2) is 67.8 Å². The number of nitrogens with one attached hydrogen (secondary N) is 1. The third-order valence-corrected chi connectivity index (χ3v) is 4.36. The minimum absolute atomic E-state index is 0.0245. The number of ether oxygens (including phenoxy) is 2. The summed E-state index contributed by atoms with van der Waals surface area (Å²) in [5.41, 5.74) is 2.05. The lowest BCUT2D eigenvalue weighted by molar-refractivity contribution is 0.112. The number of hydrogen-bond acceptors (Lipinski definition) is 5. The van der Waals surface area contributed by atoms with Crippen molar-refractivity contribution < 1.29 is 14.3 Å². The molecule has 0 spiro atoms. The van der Waals surface area contributed by atoms with E-state index in [9.17, 15) is 4.79 Å². The van der Waals surface area contributed by atoms with Crippen LogP contribution in [-0.2, 0) is 11.2 Å². The Kier molecular flexibility index (Phi) is 8.18. The van der Waals surface area contributed by atoms with Crippen molar-refractivity contribution in [1.29, 1.82) is 0 Å². The smallest absolute Gasteiger partial charge is 0.421 e. The first kappa shape index (κ1) is 20.8. The highest BCUT2D eigenvalue weighted by atomic mass is 16.7. The SMILES string of the molecule is CCN(CC)CC#CCOC(=O)Oc1cccc2[nH]cc(CCN(C)C)c12. The molecule has 0 aliphatic carbocycles. The van der Waals surface area contributed by atoms with Gasteiger partial charge in [-0.2, -0.15) is 0 Å². The fraction of sp³-hybridized carbons (Fsp3) is 0.476. The number of nitrogens with zero attached hydrogens (tertiary/aromatic N) is 2. The van der Waals surface area contributed by atoms with E-state index in [1.807, 2.05) is 32.4 Å². The topological polar surface area (TPSA) is 57.8 Å². The second-order valence-electron chi connectivity index (χ2n) is 6.50. The Morgan fingerprint density at radius 2 is 1.96 bits per heavy atom. The normalized spacial score (nSPS) is 10.9. The summed E-state index contributed by atoms with van der Waals surface area (Å²) in [6.07, 6.45) is 2.09. The van der Waals surface area contributed by atoms with Crippen molar-refractivity contribution in [3.05, 3.63) is 30.0 Å². The van der Waals surface area contributed by atoms with Gasteiger partial charge in [-0.1, -0.05) is 31.8 Å². The van der Waals surface area contributed by atoms with Crippen LogP contribution in [0.25, 0.3) is 10.9 Å². The fourth-order valence-corrected chi connectivity index (χ4v) is 2.73. The van der Waals surface area contributed by atoms with Gasteiger partial charge in [0.05, 0.1) is 6.54 Å². The molecule has 146 valence electrons. The number of H-pyrrole nitrogens is 1. The first-order chi connectivity index (χ1) is 13.0. The molecule has 0 atom stereocenters. The maximum atomic E-state index is 12.0. The van der Waals surface area contributed by atoms with Crippen LogP contribution in [0.5, 0.6) is 5.75 Å². The van der Waals surface area contributed by atoms with E-state index in [1.165, 1.54) is 0 Å². The number of rotatable bonds is 8. The van der Waals surface area contributed by atoms with Gasteiger partial charge < -0.3 is 19.4 Å². The van der Waals surface area contributed by atoms with Gasteiger partial charge in [0.2, 0.25) is 0 Å². The summed E-state index contributed by atoms with van der Waals surface area (Å²) in [5, 5.41) is 0.920. The van der Waals surface area contributed by atoms with E-state index in [0.717, 1.165) is 42.5 Å². The second-order valence-corrected chi connectivity index (χ2v) is 6.50. The summed E-state index contributed by atoms with van der Waals surface area (Å²) < 4.78 is 10.5. The quantitative estimate of drug-likeness (QED) is 0.439. The van der Waals surface area contributed by atoms with E-state index >= 15 is 0 Å². The zero-order valence-corrected chi connectivity index (χ0v) is 16.7. The van der Waals surface area contributed by atoms with Crippen molar-refractivity contribution in [2.75, 3.05) is 46.9 Å². The van der Waals surface area contributed by atoms with E-state index in [4.69, 9.17) is 9.47 Å². The average Bonchev–Trinajstić information content (AvgIpc) is 3.07. The molecule has 6 heteroatoms. The van der Waals surface area contributed by atoms with Gasteiger partial charge >= 0.3 is 6.16 Å². The van der Waals surface area contributed by atoms with Gasteiger partial charge in [0, 0.05) is 23.6 Å². The fourth-order valence-electron chi connectivity index (χ4n) is 2.73. The van der Waals surface area contributed by atoms with Crippen LogP contribution in [0.1, 0.15) is 19.4 Å². The van der Waals surface area contributed by atoms with Gasteiger partial charge in [0.25, 0.3) is 0 Å². The predicted molar refractivity (Wildman–Crippen MR) is 108 cm³/mol. The largest absolute Gasteiger partial charge is 0.514 e. The molecular formula is C21H29N3O3. The molecule has 0 saturated heterocycles. The summed E-state index contributed by atoms with van der Waals surface area (Å²) in [7, 11) is 4.07. The van der Waals surface area contributed by atoms with Crippen molar-refractivity contribution in [3.8, 4) is 17.6 Å². The highest BCUT2D eigenvalue weighted by Crippen LogP contribution is 2.29. The molecule has 0 amide bonds. The van der Waals surface area contributed by atoms with Crippen LogP contribution in [0.2, 0.25) is 0 Å². The van der Waals surface area contributed by atoms with Gasteiger partial charge in [0.15, 0.2) is 6.61 Å². The zero-order valence-electron chi connectivity index (χ0n) is 16.7. The van der Waals surface area contributed by atoms with E-state index in [1.54, 1.807) is 6.07 Å². The summed E-state index contributed by atoms with van der Waals surface area (Å²) in [4.78, 5) is 19.6. The molecule has 0 radical (unpaired) electrons. The van der Waals surface area contributed by atoms with Crippen molar-refractivity contribution in [1.82, 2.24) is 14.8 Å². The Morgan fingerprint density at radius 1 is 1.19 bits per heavy atom. The number of fused-ring (bicyclic) bond motifs is 1. The van der Waals surface area contributed by atoms with Crippen LogP contribution in [0.4, 0.5) is 4.79 Å². The van der Waals surface area contributed by atoms with Gasteiger partial charge in [-0.05, 0) is 51.3 Å². The molecule has 2 rings (SSSR count). The molecule has 0 bridgehead atoms. The Labute approximate surface area is 161 Å². The maximum absolute atomic E-state index is 12.0. The number of hydrogen-bond donors (Lipinski definition) is 1. The van der Waals surface area contributed by atoms with E-state index in [-0.39, 0.29) is 6.61 Å². The second kappa shape index (κ2) is 10.6.